The summed E-state index contributed by atoms with van der Waals surface area (Å²) in [6.07, 6.45) is 4.96. The zero-order chi connectivity index (χ0) is 30.4. The molecule has 1 aliphatic rings. The van der Waals surface area contributed by atoms with E-state index < -0.39 is 24.7 Å². The second-order valence-electron chi connectivity index (χ2n) is 10.2. The van der Waals surface area contributed by atoms with Gasteiger partial charge in [0.2, 0.25) is 0 Å². The number of hydrogen-bond acceptors (Lipinski definition) is 2. The lowest BCUT2D eigenvalue weighted by Crippen LogP contribution is -2.39. The quantitative estimate of drug-likeness (QED) is 0.173. The molecule has 0 atom stereocenters. The van der Waals surface area contributed by atoms with Crippen molar-refractivity contribution in [2.75, 3.05) is 13.1 Å². The molecule has 0 radical (unpaired) electrons. The van der Waals surface area contributed by atoms with Crippen LogP contribution in [0.5, 0.6) is 0 Å². The number of benzene rings is 3. The molecule has 1 fully saturated rings. The van der Waals surface area contributed by atoms with E-state index in [-0.39, 0.29) is 17.3 Å². The maximum atomic E-state index is 15.3. The van der Waals surface area contributed by atoms with Gasteiger partial charge in [-0.15, -0.1) is 12.3 Å². The predicted molar refractivity (Wildman–Crippen MR) is 158 cm³/mol. The van der Waals surface area contributed by atoms with Crippen LogP contribution in [0.25, 0.3) is 16.6 Å². The summed E-state index contributed by atoms with van der Waals surface area (Å²) in [6.45, 7) is 5.55. The molecule has 0 aliphatic carbocycles. The number of halogens is 4. The molecule has 0 unspecified atom stereocenters. The third-order valence-electron chi connectivity index (χ3n) is 7.41. The van der Waals surface area contributed by atoms with Gasteiger partial charge in [0.25, 0.3) is 12.3 Å². The van der Waals surface area contributed by atoms with Gasteiger partial charge in [0, 0.05) is 19.0 Å². The van der Waals surface area contributed by atoms with Crippen molar-refractivity contribution in [3.05, 3.63) is 106 Å². The molecule has 8 heteroatoms. The van der Waals surface area contributed by atoms with E-state index in [1.807, 2.05) is 12.1 Å². The lowest BCUT2D eigenvalue weighted by Gasteiger charge is -2.32. The number of imidazole rings is 1. The Morgan fingerprint density at radius 2 is 1.76 bits per heavy atom. The number of aryl methyl sites for hydroxylation is 1. The number of piperidine rings is 1. The van der Waals surface area contributed by atoms with Crippen molar-refractivity contribution in [1.29, 1.82) is 0 Å². The van der Waals surface area contributed by atoms with E-state index in [2.05, 4.69) is 17.3 Å². The van der Waals surface area contributed by atoms with Crippen LogP contribution in [0.4, 0.5) is 17.6 Å². The highest BCUT2D eigenvalue weighted by molar-refractivity contribution is 5.96. The molecular weight excluding hydrogens is 542 g/mol. The first-order valence-corrected chi connectivity index (χ1v) is 13.8. The smallest absolute Gasteiger partial charge is 0.256 e. The summed E-state index contributed by atoms with van der Waals surface area (Å²) in [7, 11) is 0. The van der Waals surface area contributed by atoms with Crippen LogP contribution in [0.3, 0.4) is 0 Å². The van der Waals surface area contributed by atoms with Crippen LogP contribution >= 0.6 is 0 Å². The Balaban J connectivity index is 0.00000129. The summed E-state index contributed by atoms with van der Waals surface area (Å²) in [5.74, 6) is 1.33. The molecule has 3 aromatic carbocycles. The Morgan fingerprint density at radius 1 is 1.07 bits per heavy atom. The summed E-state index contributed by atoms with van der Waals surface area (Å²) in [5, 5.41) is 0. The average Bonchev–Trinajstić information content (AvgIpc) is 3.33. The number of hydrogen-bond donors (Lipinski definition) is 0. The predicted octanol–water partition coefficient (Wildman–Crippen LogP) is 8.00. The molecule has 1 aromatic heterocycles. The minimum absolute atomic E-state index is 0.0191. The zero-order valence-corrected chi connectivity index (χ0v) is 23.9. The Hall–Kier alpha value is -4.38. The lowest BCUT2D eigenvalue weighted by atomic mass is 9.91. The van der Waals surface area contributed by atoms with E-state index in [0.717, 1.165) is 0 Å². The topological polar surface area (TPSA) is 38.1 Å². The molecular formula is C34H33F4N3O. The standard InChI is InChI=1S/C31H29F4N3O.C3H4/c1-3-23(21-7-6-8-22(32)16-21)24-17-26(33)25(15-19(24)2)31(39)37-13-11-20(12-14-37)30-36-27-9-4-5-10-28(27)38(30)18-29(34)35;1-3-2/h3-10,15-17,20,29H,11-14,18H2,1-2H3;1H,2H3/b23-3-;. The molecule has 4 nitrogen and oxygen atoms in total. The first kappa shape index (κ1) is 30.6. The lowest BCUT2D eigenvalue weighted by molar-refractivity contribution is 0.0704. The number of terminal acetylenes is 1. The zero-order valence-electron chi connectivity index (χ0n) is 23.9. The Morgan fingerprint density at radius 3 is 2.40 bits per heavy atom. The van der Waals surface area contributed by atoms with Gasteiger partial charge in [-0.3, -0.25) is 4.79 Å². The van der Waals surface area contributed by atoms with Crippen LogP contribution in [0, 0.1) is 30.9 Å². The van der Waals surface area contributed by atoms with Gasteiger partial charge < -0.3 is 9.47 Å². The number of amides is 1. The maximum Gasteiger partial charge on any atom is 0.256 e. The number of carbonyl (C=O) groups is 1. The van der Waals surface area contributed by atoms with Crippen molar-refractivity contribution in [2.24, 2.45) is 0 Å². The number of allylic oxidation sites excluding steroid dienone is 1. The van der Waals surface area contributed by atoms with Crippen LogP contribution in [0.15, 0.2) is 66.7 Å². The van der Waals surface area contributed by atoms with Gasteiger partial charge in [0.1, 0.15) is 17.5 Å². The summed E-state index contributed by atoms with van der Waals surface area (Å²) >= 11 is 0. The maximum absolute atomic E-state index is 15.3. The van der Waals surface area contributed by atoms with Crippen LogP contribution in [0.2, 0.25) is 0 Å². The monoisotopic (exact) mass is 575 g/mol. The normalized spacial score (nSPS) is 14.1. The highest BCUT2D eigenvalue weighted by atomic mass is 19.3. The van der Waals surface area contributed by atoms with Gasteiger partial charge in [-0.05, 0) is 92.3 Å². The second kappa shape index (κ2) is 13.5. The minimum Gasteiger partial charge on any atom is -0.339 e. The molecule has 1 amide bonds. The second-order valence-corrected chi connectivity index (χ2v) is 10.2. The third kappa shape index (κ3) is 6.57. The van der Waals surface area contributed by atoms with Crippen molar-refractivity contribution < 1.29 is 22.4 Å². The summed E-state index contributed by atoms with van der Waals surface area (Å²) in [5.41, 5.74) is 3.91. The fourth-order valence-electron chi connectivity index (χ4n) is 5.52. The number of likely N-dealkylation sites (tertiary alicyclic amines) is 1. The van der Waals surface area contributed by atoms with Crippen molar-refractivity contribution >= 4 is 22.5 Å². The number of carbonyl (C=O) groups excluding carboxylic acids is 1. The van der Waals surface area contributed by atoms with E-state index in [1.54, 1.807) is 66.6 Å². The van der Waals surface area contributed by atoms with E-state index in [1.165, 1.54) is 18.2 Å². The van der Waals surface area contributed by atoms with Gasteiger partial charge in [0.05, 0.1) is 23.1 Å². The highest BCUT2D eigenvalue weighted by Crippen LogP contribution is 2.33. The van der Waals surface area contributed by atoms with E-state index >= 15 is 4.39 Å². The van der Waals surface area contributed by atoms with Gasteiger partial charge in [-0.1, -0.05) is 30.3 Å². The van der Waals surface area contributed by atoms with Crippen molar-refractivity contribution in [1.82, 2.24) is 14.5 Å². The molecule has 218 valence electrons. The molecule has 2 heterocycles. The molecule has 0 spiro atoms. The number of para-hydroxylation sites is 2. The fourth-order valence-corrected chi connectivity index (χ4v) is 5.52. The SMILES string of the molecule is C#CC.C/C=C(/c1cccc(F)c1)c1cc(F)c(C(=O)N2CCC(c3nc4ccccc4n3CC(F)F)CC2)cc1C. The molecule has 1 saturated heterocycles. The molecule has 42 heavy (non-hydrogen) atoms. The van der Waals surface area contributed by atoms with Crippen molar-refractivity contribution in [3.8, 4) is 12.3 Å². The van der Waals surface area contributed by atoms with Gasteiger partial charge >= 0.3 is 0 Å². The summed E-state index contributed by atoms with van der Waals surface area (Å²) < 4.78 is 57.4. The van der Waals surface area contributed by atoms with Gasteiger partial charge in [-0.2, -0.15) is 0 Å². The fraction of sp³-hybridized carbons (Fsp3) is 0.294. The molecule has 1 aliphatic heterocycles. The first-order valence-electron chi connectivity index (χ1n) is 13.8. The number of aromatic nitrogens is 2. The van der Waals surface area contributed by atoms with Gasteiger partial charge in [-0.25, -0.2) is 22.5 Å². The average molecular weight is 576 g/mol. The number of fused-ring (bicyclic) bond motifs is 1. The Labute approximate surface area is 243 Å². The molecule has 4 aromatic rings. The number of nitrogens with zero attached hydrogens (tertiary/aromatic N) is 3. The van der Waals surface area contributed by atoms with Gasteiger partial charge in [0.15, 0.2) is 0 Å². The van der Waals surface area contributed by atoms with Crippen LogP contribution in [0.1, 0.15) is 65.5 Å². The van der Waals surface area contributed by atoms with Crippen molar-refractivity contribution in [3.63, 3.8) is 0 Å². The molecule has 0 bridgehead atoms. The highest BCUT2D eigenvalue weighted by Gasteiger charge is 2.30. The minimum atomic E-state index is -2.51. The van der Waals surface area contributed by atoms with Crippen molar-refractivity contribution in [2.45, 2.75) is 52.5 Å². The summed E-state index contributed by atoms with van der Waals surface area (Å²) in [4.78, 5) is 19.6. The first-order chi connectivity index (χ1) is 20.2. The Bertz CT molecular complexity index is 1640. The van der Waals surface area contributed by atoms with E-state index in [0.29, 0.717) is 65.1 Å². The molecule has 0 N–H and O–H groups in total. The number of alkyl halides is 2. The molecule has 0 saturated carbocycles. The van der Waals surface area contributed by atoms with Crippen LogP contribution in [-0.4, -0.2) is 39.9 Å². The molecule has 5 rings (SSSR count). The van der Waals surface area contributed by atoms with Crippen LogP contribution < -0.4 is 0 Å². The largest absolute Gasteiger partial charge is 0.339 e. The van der Waals surface area contributed by atoms with E-state index in [4.69, 9.17) is 0 Å². The third-order valence-corrected chi connectivity index (χ3v) is 7.41. The summed E-state index contributed by atoms with van der Waals surface area (Å²) in [6, 6.07) is 16.2. The van der Waals surface area contributed by atoms with Crippen LogP contribution in [-0.2, 0) is 6.54 Å². The Kier molecular flexibility index (Phi) is 9.84. The number of rotatable bonds is 6. The van der Waals surface area contributed by atoms with E-state index in [9.17, 15) is 18.0 Å².